The number of nitrogens with zero attached hydrogens (tertiary/aromatic N) is 1. The summed E-state index contributed by atoms with van der Waals surface area (Å²) in [5, 5.41) is 9.44. The summed E-state index contributed by atoms with van der Waals surface area (Å²) in [6.07, 6.45) is 6.05. The third-order valence-corrected chi connectivity index (χ3v) is 4.68. The molecule has 2 unspecified atom stereocenters. The Hall–Kier alpha value is -0.160. The highest BCUT2D eigenvalue weighted by atomic mass is 16.5. The monoisotopic (exact) mass is 241 g/mol. The Bertz CT molecular complexity index is 267. The molecule has 2 heterocycles. The SMILES string of the molecule is OCC1COCCN1C1CCOC2(CCC2)C1. The van der Waals surface area contributed by atoms with Gasteiger partial charge in [-0.3, -0.25) is 4.90 Å². The van der Waals surface area contributed by atoms with Crippen LogP contribution in [-0.4, -0.2) is 60.7 Å². The Kier molecular flexibility index (Phi) is 3.39. The van der Waals surface area contributed by atoms with Gasteiger partial charge in [0.1, 0.15) is 0 Å². The van der Waals surface area contributed by atoms with E-state index in [1.807, 2.05) is 0 Å². The van der Waals surface area contributed by atoms with E-state index in [1.165, 1.54) is 19.3 Å². The number of aliphatic hydroxyl groups excluding tert-OH is 1. The molecule has 1 spiro atoms. The van der Waals surface area contributed by atoms with Gasteiger partial charge in [-0.15, -0.1) is 0 Å². The van der Waals surface area contributed by atoms with E-state index in [0.29, 0.717) is 12.6 Å². The van der Waals surface area contributed by atoms with Gasteiger partial charge in [-0.1, -0.05) is 0 Å². The van der Waals surface area contributed by atoms with Crippen LogP contribution in [0.15, 0.2) is 0 Å². The number of morpholine rings is 1. The van der Waals surface area contributed by atoms with E-state index in [1.54, 1.807) is 0 Å². The van der Waals surface area contributed by atoms with Gasteiger partial charge in [0.15, 0.2) is 0 Å². The normalized spacial score (nSPS) is 37.9. The van der Waals surface area contributed by atoms with Crippen molar-refractivity contribution >= 4 is 0 Å². The fraction of sp³-hybridized carbons (Fsp3) is 1.00. The molecule has 0 bridgehead atoms. The zero-order valence-corrected chi connectivity index (χ0v) is 10.4. The van der Waals surface area contributed by atoms with Crippen LogP contribution in [0.5, 0.6) is 0 Å². The molecule has 2 saturated heterocycles. The standard InChI is InChI=1S/C13H23NO3/c15-9-12-10-16-7-5-14(12)11-2-6-17-13(8-11)3-1-4-13/h11-12,15H,1-10H2. The molecule has 3 rings (SSSR count). The van der Waals surface area contributed by atoms with Crippen LogP contribution in [-0.2, 0) is 9.47 Å². The lowest BCUT2D eigenvalue weighted by Crippen LogP contribution is -2.58. The minimum absolute atomic E-state index is 0.196. The Morgan fingerprint density at radius 3 is 2.88 bits per heavy atom. The third kappa shape index (κ3) is 2.24. The van der Waals surface area contributed by atoms with Crippen LogP contribution in [0.4, 0.5) is 0 Å². The lowest BCUT2D eigenvalue weighted by Gasteiger charge is -2.51. The molecule has 1 saturated carbocycles. The molecule has 0 aromatic carbocycles. The molecule has 2 atom stereocenters. The van der Waals surface area contributed by atoms with Gasteiger partial charge in [0.05, 0.1) is 31.5 Å². The second-order valence-corrected chi connectivity index (χ2v) is 5.68. The van der Waals surface area contributed by atoms with E-state index in [9.17, 15) is 5.11 Å². The molecule has 98 valence electrons. The summed E-state index contributed by atoms with van der Waals surface area (Å²) in [5.41, 5.74) is 0.196. The summed E-state index contributed by atoms with van der Waals surface area (Å²) in [5.74, 6) is 0. The predicted molar refractivity (Wildman–Crippen MR) is 64.0 cm³/mol. The summed E-state index contributed by atoms with van der Waals surface area (Å²) < 4.78 is 11.4. The van der Waals surface area contributed by atoms with Gasteiger partial charge in [-0.05, 0) is 32.1 Å². The maximum Gasteiger partial charge on any atom is 0.0697 e. The maximum absolute atomic E-state index is 9.44. The van der Waals surface area contributed by atoms with Crippen LogP contribution in [0.1, 0.15) is 32.1 Å². The highest BCUT2D eigenvalue weighted by molar-refractivity contribution is 4.98. The quantitative estimate of drug-likeness (QED) is 0.776. The van der Waals surface area contributed by atoms with E-state index in [-0.39, 0.29) is 18.2 Å². The van der Waals surface area contributed by atoms with Gasteiger partial charge >= 0.3 is 0 Å². The van der Waals surface area contributed by atoms with Crippen molar-refractivity contribution in [1.82, 2.24) is 4.90 Å². The molecule has 4 nitrogen and oxygen atoms in total. The summed E-state index contributed by atoms with van der Waals surface area (Å²) in [6.45, 7) is 3.55. The third-order valence-electron chi connectivity index (χ3n) is 4.68. The van der Waals surface area contributed by atoms with E-state index in [0.717, 1.165) is 32.6 Å². The average Bonchev–Trinajstić information content (AvgIpc) is 2.37. The first-order chi connectivity index (χ1) is 8.33. The van der Waals surface area contributed by atoms with Gasteiger partial charge in [-0.25, -0.2) is 0 Å². The van der Waals surface area contributed by atoms with Crippen LogP contribution in [0.2, 0.25) is 0 Å². The molecule has 0 radical (unpaired) electrons. The summed E-state index contributed by atoms with van der Waals surface area (Å²) in [4.78, 5) is 2.46. The molecule has 2 aliphatic heterocycles. The Balaban J connectivity index is 1.65. The lowest BCUT2D eigenvalue weighted by atomic mass is 9.73. The van der Waals surface area contributed by atoms with Crippen molar-refractivity contribution in [3.05, 3.63) is 0 Å². The van der Waals surface area contributed by atoms with Crippen LogP contribution >= 0.6 is 0 Å². The zero-order valence-electron chi connectivity index (χ0n) is 10.4. The Labute approximate surface area is 103 Å². The van der Waals surface area contributed by atoms with Crippen molar-refractivity contribution < 1.29 is 14.6 Å². The van der Waals surface area contributed by atoms with Crippen molar-refractivity contribution in [3.63, 3.8) is 0 Å². The Morgan fingerprint density at radius 1 is 1.29 bits per heavy atom. The fourth-order valence-electron chi connectivity index (χ4n) is 3.51. The van der Waals surface area contributed by atoms with E-state index in [2.05, 4.69) is 4.90 Å². The zero-order chi connectivity index (χ0) is 11.7. The molecule has 4 heteroatoms. The molecule has 1 N–H and O–H groups in total. The number of hydrogen-bond donors (Lipinski definition) is 1. The molecule has 3 aliphatic rings. The lowest BCUT2D eigenvalue weighted by molar-refractivity contribution is -0.162. The molecular formula is C13H23NO3. The first-order valence-electron chi connectivity index (χ1n) is 6.91. The summed E-state index contributed by atoms with van der Waals surface area (Å²) >= 11 is 0. The average molecular weight is 241 g/mol. The minimum atomic E-state index is 0.196. The van der Waals surface area contributed by atoms with Crippen molar-refractivity contribution in [2.45, 2.75) is 49.8 Å². The van der Waals surface area contributed by atoms with Crippen LogP contribution in [0, 0.1) is 0 Å². The Morgan fingerprint density at radius 2 is 2.18 bits per heavy atom. The van der Waals surface area contributed by atoms with E-state index >= 15 is 0 Å². The smallest absolute Gasteiger partial charge is 0.0697 e. The van der Waals surface area contributed by atoms with Gasteiger partial charge in [0.25, 0.3) is 0 Å². The van der Waals surface area contributed by atoms with E-state index < -0.39 is 0 Å². The highest BCUT2D eigenvalue weighted by Gasteiger charge is 2.45. The molecule has 0 aromatic rings. The largest absolute Gasteiger partial charge is 0.395 e. The van der Waals surface area contributed by atoms with Crippen molar-refractivity contribution in [1.29, 1.82) is 0 Å². The van der Waals surface area contributed by atoms with Gasteiger partial charge < -0.3 is 14.6 Å². The molecule has 17 heavy (non-hydrogen) atoms. The highest BCUT2D eigenvalue weighted by Crippen LogP contribution is 2.43. The second-order valence-electron chi connectivity index (χ2n) is 5.68. The van der Waals surface area contributed by atoms with Crippen molar-refractivity contribution in [2.24, 2.45) is 0 Å². The molecular weight excluding hydrogens is 218 g/mol. The molecule has 0 aromatic heterocycles. The van der Waals surface area contributed by atoms with Crippen LogP contribution in [0.3, 0.4) is 0 Å². The predicted octanol–water partition coefficient (Wildman–Crippen LogP) is 0.781. The maximum atomic E-state index is 9.44. The first kappa shape index (κ1) is 11.9. The van der Waals surface area contributed by atoms with Crippen LogP contribution in [0.25, 0.3) is 0 Å². The van der Waals surface area contributed by atoms with Gasteiger partial charge in [-0.2, -0.15) is 0 Å². The van der Waals surface area contributed by atoms with Gasteiger partial charge in [0, 0.05) is 19.2 Å². The number of hydrogen-bond acceptors (Lipinski definition) is 4. The number of aliphatic hydroxyl groups is 1. The number of rotatable bonds is 2. The summed E-state index contributed by atoms with van der Waals surface area (Å²) in [7, 11) is 0. The summed E-state index contributed by atoms with van der Waals surface area (Å²) in [6, 6.07) is 0.786. The molecule has 0 amide bonds. The first-order valence-corrected chi connectivity index (χ1v) is 6.91. The van der Waals surface area contributed by atoms with Crippen LogP contribution < -0.4 is 0 Å². The topological polar surface area (TPSA) is 41.9 Å². The van der Waals surface area contributed by atoms with Crippen molar-refractivity contribution in [3.8, 4) is 0 Å². The minimum Gasteiger partial charge on any atom is -0.395 e. The second kappa shape index (κ2) is 4.84. The molecule has 1 aliphatic carbocycles. The fourth-order valence-corrected chi connectivity index (χ4v) is 3.51. The van der Waals surface area contributed by atoms with Crippen molar-refractivity contribution in [2.75, 3.05) is 33.0 Å². The van der Waals surface area contributed by atoms with E-state index in [4.69, 9.17) is 9.47 Å². The van der Waals surface area contributed by atoms with Gasteiger partial charge in [0.2, 0.25) is 0 Å². The molecule has 3 fully saturated rings. The number of ether oxygens (including phenoxy) is 2.